The van der Waals surface area contributed by atoms with Gasteiger partial charge in [-0.05, 0) is 30.5 Å². The van der Waals surface area contributed by atoms with Gasteiger partial charge in [-0.3, -0.25) is 4.57 Å². The highest BCUT2D eigenvalue weighted by Crippen LogP contribution is 2.44. The SMILES string of the molecule is C#CC(C(=O)Oc1c(C(C)C)nc(-c2ccccc2)c(F)c1-c1ccc(F)cc1)(C(C)O)[PH](=O)O. The highest BCUT2D eigenvalue weighted by atomic mass is 31.1. The molecule has 6 nitrogen and oxygen atoms in total. The van der Waals surface area contributed by atoms with Gasteiger partial charge >= 0.3 is 5.97 Å². The number of hydrogen-bond donors (Lipinski definition) is 2. The van der Waals surface area contributed by atoms with Crippen LogP contribution in [0.2, 0.25) is 0 Å². The molecular formula is C26H24F2NO5P. The van der Waals surface area contributed by atoms with Gasteiger partial charge in [-0.15, -0.1) is 6.42 Å². The molecule has 9 heteroatoms. The van der Waals surface area contributed by atoms with E-state index in [9.17, 15) is 23.7 Å². The molecule has 2 N–H and O–H groups in total. The number of nitrogens with zero attached hydrogens (tertiary/aromatic N) is 1. The van der Waals surface area contributed by atoms with Crippen molar-refractivity contribution in [1.29, 1.82) is 0 Å². The highest BCUT2D eigenvalue weighted by molar-refractivity contribution is 7.42. The maximum Gasteiger partial charge on any atom is 0.342 e. The summed E-state index contributed by atoms with van der Waals surface area (Å²) in [4.78, 5) is 27.4. The minimum Gasteiger partial charge on any atom is -0.422 e. The molecule has 3 atom stereocenters. The summed E-state index contributed by atoms with van der Waals surface area (Å²) in [6, 6.07) is 13.3. The molecule has 182 valence electrons. The molecule has 0 amide bonds. The molecule has 0 aliphatic carbocycles. The molecule has 0 radical (unpaired) electrons. The van der Waals surface area contributed by atoms with Crippen LogP contribution in [0.4, 0.5) is 8.78 Å². The zero-order valence-electron chi connectivity index (χ0n) is 19.3. The number of aliphatic hydroxyl groups is 1. The number of carbonyl (C=O) groups excluding carboxylic acids is 1. The maximum atomic E-state index is 16.1. The zero-order chi connectivity index (χ0) is 25.9. The number of esters is 1. The van der Waals surface area contributed by atoms with E-state index in [1.54, 1.807) is 44.2 Å². The van der Waals surface area contributed by atoms with Crippen LogP contribution < -0.4 is 4.74 Å². The molecule has 0 aliphatic rings. The third kappa shape index (κ3) is 4.89. The highest BCUT2D eigenvalue weighted by Gasteiger charge is 2.49. The summed E-state index contributed by atoms with van der Waals surface area (Å²) in [6.07, 6.45) is 3.64. The van der Waals surface area contributed by atoms with Gasteiger partial charge in [-0.1, -0.05) is 62.2 Å². The summed E-state index contributed by atoms with van der Waals surface area (Å²) in [6.45, 7) is 4.55. The molecule has 1 aromatic heterocycles. The molecule has 3 rings (SSSR count). The van der Waals surface area contributed by atoms with Crippen LogP contribution in [-0.2, 0) is 9.36 Å². The first-order valence-electron chi connectivity index (χ1n) is 10.7. The van der Waals surface area contributed by atoms with E-state index in [0.29, 0.717) is 5.56 Å². The van der Waals surface area contributed by atoms with Crippen LogP contribution in [0.3, 0.4) is 0 Å². The standard InChI is InChI=1S/C26H24F2NO5P/c1-5-26(16(4)30,35(32)33)25(31)34-24-20(17-11-13-19(27)14-12-17)21(28)23(29-22(24)15(2)3)18-9-7-6-8-10-18/h1,6-16,30,35H,2-4H3,(H,32,33). The fourth-order valence-electron chi connectivity index (χ4n) is 3.57. The van der Waals surface area contributed by atoms with E-state index in [4.69, 9.17) is 11.2 Å². The van der Waals surface area contributed by atoms with Crippen LogP contribution >= 0.6 is 8.03 Å². The first kappa shape index (κ1) is 26.2. The molecule has 35 heavy (non-hydrogen) atoms. The number of hydrogen-bond acceptors (Lipinski definition) is 5. The summed E-state index contributed by atoms with van der Waals surface area (Å²) in [5.41, 5.74) is 0.559. The van der Waals surface area contributed by atoms with Crippen molar-refractivity contribution >= 4 is 14.0 Å². The molecule has 0 aliphatic heterocycles. The van der Waals surface area contributed by atoms with Gasteiger partial charge in [0.05, 0.1) is 17.4 Å². The van der Waals surface area contributed by atoms with Gasteiger partial charge in [0.2, 0.25) is 13.2 Å². The van der Waals surface area contributed by atoms with E-state index in [1.165, 1.54) is 12.1 Å². The van der Waals surface area contributed by atoms with Crippen LogP contribution in [-0.4, -0.2) is 32.2 Å². The first-order valence-corrected chi connectivity index (χ1v) is 12.1. The molecule has 0 fully saturated rings. The summed E-state index contributed by atoms with van der Waals surface area (Å²) in [5, 5.41) is 7.55. The van der Waals surface area contributed by atoms with Gasteiger partial charge in [0.15, 0.2) is 11.6 Å². The van der Waals surface area contributed by atoms with Gasteiger partial charge in [0.25, 0.3) is 0 Å². The molecule has 0 bridgehead atoms. The lowest BCUT2D eigenvalue weighted by molar-refractivity contribution is -0.138. The van der Waals surface area contributed by atoms with E-state index in [0.717, 1.165) is 19.1 Å². The van der Waals surface area contributed by atoms with Crippen molar-refractivity contribution in [3.8, 4) is 40.5 Å². The lowest BCUT2D eigenvalue weighted by atomic mass is 9.96. The van der Waals surface area contributed by atoms with Crippen molar-refractivity contribution in [2.45, 2.75) is 37.9 Å². The molecule has 0 saturated carbocycles. The van der Waals surface area contributed by atoms with Crippen molar-refractivity contribution in [2.24, 2.45) is 0 Å². The lowest BCUT2D eigenvalue weighted by Gasteiger charge is -2.27. The Kier molecular flexibility index (Phi) is 7.86. The number of aliphatic hydroxyl groups excluding tert-OH is 1. The van der Waals surface area contributed by atoms with Crippen molar-refractivity contribution in [2.75, 3.05) is 0 Å². The number of pyridine rings is 1. The van der Waals surface area contributed by atoms with E-state index < -0.39 is 42.8 Å². The van der Waals surface area contributed by atoms with Crippen LogP contribution in [0.1, 0.15) is 32.4 Å². The number of ether oxygens (including phenoxy) is 1. The molecule has 3 aromatic rings. The fraction of sp³-hybridized carbons (Fsp3) is 0.231. The van der Waals surface area contributed by atoms with Gasteiger partial charge in [0, 0.05) is 5.56 Å². The Morgan fingerprint density at radius 2 is 1.69 bits per heavy atom. The molecule has 2 aromatic carbocycles. The summed E-state index contributed by atoms with van der Waals surface area (Å²) >= 11 is 0. The molecule has 3 unspecified atom stereocenters. The monoisotopic (exact) mass is 499 g/mol. The van der Waals surface area contributed by atoms with Crippen molar-refractivity contribution < 1.29 is 32.9 Å². The third-order valence-electron chi connectivity index (χ3n) is 5.55. The summed E-state index contributed by atoms with van der Waals surface area (Å²) < 4.78 is 47.3. The molecular weight excluding hydrogens is 475 g/mol. The Morgan fingerprint density at radius 1 is 1.09 bits per heavy atom. The predicted octanol–water partition coefficient (Wildman–Crippen LogP) is 4.94. The normalized spacial score (nSPS) is 14.6. The second kappa shape index (κ2) is 10.5. The zero-order valence-corrected chi connectivity index (χ0v) is 20.3. The Labute approximate surface area is 202 Å². The Morgan fingerprint density at radius 3 is 2.17 bits per heavy atom. The number of benzene rings is 2. The fourth-order valence-corrected chi connectivity index (χ4v) is 4.28. The van der Waals surface area contributed by atoms with Gasteiger partial charge in [-0.25, -0.2) is 18.6 Å². The van der Waals surface area contributed by atoms with Crippen LogP contribution in [0, 0.1) is 24.0 Å². The number of halogens is 2. The third-order valence-corrected chi connectivity index (χ3v) is 7.00. The Hall–Kier alpha value is -3.37. The lowest BCUT2D eigenvalue weighted by Crippen LogP contribution is -2.46. The van der Waals surface area contributed by atoms with Gasteiger partial charge in [0.1, 0.15) is 11.5 Å². The van der Waals surface area contributed by atoms with Crippen molar-refractivity contribution in [1.82, 2.24) is 4.98 Å². The Balaban J connectivity index is 2.36. The van der Waals surface area contributed by atoms with Crippen molar-refractivity contribution in [3.63, 3.8) is 0 Å². The molecule has 1 heterocycles. The smallest absolute Gasteiger partial charge is 0.342 e. The van der Waals surface area contributed by atoms with Gasteiger partial charge in [-0.2, -0.15) is 0 Å². The van der Waals surface area contributed by atoms with E-state index in [1.807, 2.05) is 5.92 Å². The topological polar surface area (TPSA) is 96.7 Å². The predicted molar refractivity (Wildman–Crippen MR) is 129 cm³/mol. The number of carbonyl (C=O) groups is 1. The minimum absolute atomic E-state index is 0.0251. The Bertz CT molecular complexity index is 1300. The average Bonchev–Trinajstić information content (AvgIpc) is 2.81. The van der Waals surface area contributed by atoms with Crippen LogP contribution in [0.5, 0.6) is 5.75 Å². The largest absolute Gasteiger partial charge is 0.422 e. The van der Waals surface area contributed by atoms with E-state index in [2.05, 4.69) is 4.98 Å². The quantitative estimate of drug-likeness (QED) is 0.272. The minimum atomic E-state index is -3.85. The average molecular weight is 499 g/mol. The first-order chi connectivity index (χ1) is 16.5. The summed E-state index contributed by atoms with van der Waals surface area (Å²) in [5.74, 6) is -1.66. The van der Waals surface area contributed by atoms with Gasteiger partial charge < -0.3 is 14.7 Å². The van der Waals surface area contributed by atoms with Crippen LogP contribution in [0.25, 0.3) is 22.4 Å². The second-order valence-electron chi connectivity index (χ2n) is 8.21. The number of aromatic nitrogens is 1. The van der Waals surface area contributed by atoms with Crippen LogP contribution in [0.15, 0.2) is 54.6 Å². The number of terminal acetylenes is 1. The summed E-state index contributed by atoms with van der Waals surface area (Å²) in [7, 11) is -3.85. The van der Waals surface area contributed by atoms with E-state index in [-0.39, 0.29) is 28.3 Å². The van der Waals surface area contributed by atoms with Crippen molar-refractivity contribution in [3.05, 3.63) is 71.9 Å². The maximum absolute atomic E-state index is 16.1. The second-order valence-corrected chi connectivity index (χ2v) is 9.61. The molecule has 0 spiro atoms. The van der Waals surface area contributed by atoms with E-state index >= 15 is 4.39 Å². The number of rotatable bonds is 7. The molecule has 0 saturated heterocycles.